The zero-order valence-corrected chi connectivity index (χ0v) is 16.8. The van der Waals surface area contributed by atoms with E-state index in [1.54, 1.807) is 26.2 Å². The molecule has 0 unspecified atom stereocenters. The van der Waals surface area contributed by atoms with Crippen molar-refractivity contribution >= 4 is 28.7 Å². The Morgan fingerprint density at radius 2 is 1.75 bits per heavy atom. The molecule has 0 bridgehead atoms. The minimum absolute atomic E-state index is 0.0694. The lowest BCUT2D eigenvalue weighted by atomic mass is 10.1. The van der Waals surface area contributed by atoms with E-state index >= 15 is 0 Å². The summed E-state index contributed by atoms with van der Waals surface area (Å²) in [4.78, 5) is 30.5. The normalized spacial score (nSPS) is 10.8. The van der Waals surface area contributed by atoms with Crippen molar-refractivity contribution in [2.24, 2.45) is 7.05 Å². The molecule has 2 N–H and O–H groups in total. The van der Waals surface area contributed by atoms with E-state index in [1.807, 2.05) is 43.7 Å². The second-order valence-corrected chi connectivity index (χ2v) is 7.17. The fraction of sp³-hybridized carbons (Fsp3) is 0.286. The van der Waals surface area contributed by atoms with Gasteiger partial charge in [0.2, 0.25) is 0 Å². The average molecular weight is 379 g/mol. The van der Waals surface area contributed by atoms with Gasteiger partial charge in [0.1, 0.15) is 5.82 Å². The third-order valence-corrected chi connectivity index (χ3v) is 4.51. The summed E-state index contributed by atoms with van der Waals surface area (Å²) in [6, 6.07) is 11.0. The largest absolute Gasteiger partial charge is 0.345 e. The minimum atomic E-state index is -0.291. The van der Waals surface area contributed by atoms with Gasteiger partial charge in [-0.05, 0) is 55.3 Å². The molecule has 1 aromatic heterocycles. The fourth-order valence-corrected chi connectivity index (χ4v) is 3.18. The second-order valence-electron chi connectivity index (χ2n) is 7.17. The molecule has 3 amide bonds. The highest BCUT2D eigenvalue weighted by Crippen LogP contribution is 2.18. The van der Waals surface area contributed by atoms with Crippen molar-refractivity contribution in [2.75, 3.05) is 19.4 Å². The zero-order chi connectivity index (χ0) is 20.4. The van der Waals surface area contributed by atoms with E-state index in [-0.39, 0.29) is 18.5 Å². The van der Waals surface area contributed by atoms with E-state index in [2.05, 4.69) is 21.7 Å². The highest BCUT2D eigenvalue weighted by molar-refractivity contribution is 5.97. The number of aryl methyl sites for hydroxylation is 3. The number of amides is 3. The number of hydrogen-bond donors (Lipinski definition) is 2. The standard InChI is InChI=1S/C21H25N5O2/c1-13-8-14(2)10-16(9-13)23-21(28)22-12-19-24-17-11-15(20(27)25(3)4)6-7-18(17)26(19)5/h6-11H,12H2,1-5H3,(H2,22,23,28). The predicted molar refractivity (Wildman–Crippen MR) is 111 cm³/mol. The van der Waals surface area contributed by atoms with E-state index in [0.717, 1.165) is 27.8 Å². The second kappa shape index (κ2) is 7.72. The number of rotatable bonds is 4. The molecule has 0 radical (unpaired) electrons. The molecule has 0 aliphatic heterocycles. The minimum Gasteiger partial charge on any atom is -0.345 e. The third-order valence-electron chi connectivity index (χ3n) is 4.51. The van der Waals surface area contributed by atoms with Crippen molar-refractivity contribution in [3.05, 3.63) is 58.9 Å². The Balaban J connectivity index is 1.72. The number of benzene rings is 2. The van der Waals surface area contributed by atoms with Gasteiger partial charge in [-0.3, -0.25) is 4.79 Å². The Kier molecular flexibility index (Phi) is 5.35. The third kappa shape index (κ3) is 4.14. The summed E-state index contributed by atoms with van der Waals surface area (Å²) in [6.45, 7) is 4.26. The van der Waals surface area contributed by atoms with Crippen LogP contribution in [-0.2, 0) is 13.6 Å². The summed E-state index contributed by atoms with van der Waals surface area (Å²) in [7, 11) is 5.32. The van der Waals surface area contributed by atoms with Crippen LogP contribution in [0.4, 0.5) is 10.5 Å². The first-order valence-electron chi connectivity index (χ1n) is 9.05. The highest BCUT2D eigenvalue weighted by Gasteiger charge is 2.13. The molecule has 0 aliphatic rings. The first-order valence-corrected chi connectivity index (χ1v) is 9.05. The van der Waals surface area contributed by atoms with Gasteiger partial charge < -0.3 is 20.1 Å². The van der Waals surface area contributed by atoms with Crippen LogP contribution in [0, 0.1) is 13.8 Å². The number of carbonyl (C=O) groups excluding carboxylic acids is 2. The van der Waals surface area contributed by atoms with Gasteiger partial charge in [0, 0.05) is 32.4 Å². The maximum atomic E-state index is 12.2. The summed E-state index contributed by atoms with van der Waals surface area (Å²) in [6.07, 6.45) is 0. The van der Waals surface area contributed by atoms with Gasteiger partial charge in [-0.15, -0.1) is 0 Å². The number of aromatic nitrogens is 2. The van der Waals surface area contributed by atoms with Crippen molar-refractivity contribution in [3.63, 3.8) is 0 Å². The van der Waals surface area contributed by atoms with Crippen LogP contribution in [0.5, 0.6) is 0 Å². The SMILES string of the molecule is Cc1cc(C)cc(NC(=O)NCc2nc3cc(C(=O)N(C)C)ccc3n2C)c1. The number of fused-ring (bicyclic) bond motifs is 1. The van der Waals surface area contributed by atoms with Gasteiger partial charge in [-0.25, -0.2) is 9.78 Å². The van der Waals surface area contributed by atoms with Gasteiger partial charge in [-0.1, -0.05) is 6.07 Å². The van der Waals surface area contributed by atoms with Crippen molar-refractivity contribution in [3.8, 4) is 0 Å². The lowest BCUT2D eigenvalue weighted by Gasteiger charge is -2.10. The predicted octanol–water partition coefficient (Wildman–Crippen LogP) is 3.21. The topological polar surface area (TPSA) is 79.3 Å². The van der Waals surface area contributed by atoms with E-state index in [9.17, 15) is 9.59 Å². The fourth-order valence-electron chi connectivity index (χ4n) is 3.18. The van der Waals surface area contributed by atoms with Gasteiger partial charge in [0.05, 0.1) is 17.6 Å². The number of imidazole rings is 1. The summed E-state index contributed by atoms with van der Waals surface area (Å²) >= 11 is 0. The maximum Gasteiger partial charge on any atom is 0.319 e. The van der Waals surface area contributed by atoms with Crippen LogP contribution < -0.4 is 10.6 Å². The van der Waals surface area contributed by atoms with Crippen molar-refractivity contribution < 1.29 is 9.59 Å². The molecule has 0 saturated carbocycles. The Bertz CT molecular complexity index is 1030. The van der Waals surface area contributed by atoms with E-state index in [1.165, 1.54) is 4.90 Å². The van der Waals surface area contributed by atoms with E-state index < -0.39 is 0 Å². The average Bonchev–Trinajstić information content (AvgIpc) is 2.93. The Labute approximate surface area is 164 Å². The molecule has 0 spiro atoms. The summed E-state index contributed by atoms with van der Waals surface area (Å²) in [5.41, 5.74) is 5.15. The number of nitrogens with one attached hydrogen (secondary N) is 2. The molecule has 3 rings (SSSR count). The first-order chi connectivity index (χ1) is 13.2. The first kappa shape index (κ1) is 19.4. The molecular weight excluding hydrogens is 354 g/mol. The van der Waals surface area contributed by atoms with Gasteiger partial charge in [-0.2, -0.15) is 0 Å². The molecule has 0 saturated heterocycles. The molecule has 28 heavy (non-hydrogen) atoms. The van der Waals surface area contributed by atoms with Crippen molar-refractivity contribution in [1.82, 2.24) is 19.8 Å². The van der Waals surface area contributed by atoms with Crippen LogP contribution in [0.1, 0.15) is 27.3 Å². The molecule has 3 aromatic rings. The number of carbonyl (C=O) groups is 2. The Morgan fingerprint density at radius 3 is 2.39 bits per heavy atom. The molecule has 0 atom stereocenters. The number of nitrogens with zero attached hydrogens (tertiary/aromatic N) is 3. The summed E-state index contributed by atoms with van der Waals surface area (Å²) in [5, 5.41) is 5.68. The lowest BCUT2D eigenvalue weighted by Crippen LogP contribution is -2.29. The van der Waals surface area contributed by atoms with Crippen molar-refractivity contribution in [2.45, 2.75) is 20.4 Å². The smallest absolute Gasteiger partial charge is 0.319 e. The van der Waals surface area contributed by atoms with E-state index in [4.69, 9.17) is 0 Å². The molecule has 0 aliphatic carbocycles. The Hall–Kier alpha value is -3.35. The Morgan fingerprint density at radius 1 is 1.07 bits per heavy atom. The van der Waals surface area contributed by atoms with Crippen LogP contribution in [0.2, 0.25) is 0 Å². The van der Waals surface area contributed by atoms with Crippen molar-refractivity contribution in [1.29, 1.82) is 0 Å². The van der Waals surface area contributed by atoms with Crippen LogP contribution in [0.25, 0.3) is 11.0 Å². The number of anilines is 1. The molecule has 1 heterocycles. The lowest BCUT2D eigenvalue weighted by molar-refractivity contribution is 0.0827. The molecular formula is C21H25N5O2. The zero-order valence-electron chi connectivity index (χ0n) is 16.8. The van der Waals surface area contributed by atoms with Gasteiger partial charge >= 0.3 is 6.03 Å². The molecule has 7 heteroatoms. The van der Waals surface area contributed by atoms with Gasteiger partial charge in [0.25, 0.3) is 5.91 Å². The monoisotopic (exact) mass is 379 g/mol. The van der Waals surface area contributed by atoms with Crippen LogP contribution in [-0.4, -0.2) is 40.5 Å². The van der Waals surface area contributed by atoms with E-state index in [0.29, 0.717) is 11.4 Å². The molecule has 0 fully saturated rings. The number of hydrogen-bond acceptors (Lipinski definition) is 3. The molecule has 7 nitrogen and oxygen atoms in total. The number of urea groups is 1. The highest BCUT2D eigenvalue weighted by atomic mass is 16.2. The molecule has 2 aromatic carbocycles. The van der Waals surface area contributed by atoms with Crippen LogP contribution in [0.15, 0.2) is 36.4 Å². The molecule has 146 valence electrons. The maximum absolute atomic E-state index is 12.2. The van der Waals surface area contributed by atoms with Crippen LogP contribution >= 0.6 is 0 Å². The van der Waals surface area contributed by atoms with Gasteiger partial charge in [0.15, 0.2) is 0 Å². The van der Waals surface area contributed by atoms with Crippen LogP contribution in [0.3, 0.4) is 0 Å². The summed E-state index contributed by atoms with van der Waals surface area (Å²) in [5.74, 6) is 0.639. The summed E-state index contributed by atoms with van der Waals surface area (Å²) < 4.78 is 1.91. The quantitative estimate of drug-likeness (QED) is 0.730.